The first-order valence-corrected chi connectivity index (χ1v) is 5.69. The number of ether oxygens (including phenoxy) is 1. The molecule has 1 fully saturated rings. The lowest BCUT2D eigenvalue weighted by Crippen LogP contribution is -2.20. The van der Waals surface area contributed by atoms with E-state index in [2.05, 4.69) is 13.8 Å². The molecule has 2 nitrogen and oxygen atoms in total. The molecule has 2 atom stereocenters. The molecule has 0 aromatic rings. The van der Waals surface area contributed by atoms with Gasteiger partial charge in [-0.25, -0.2) is 0 Å². The molecule has 0 bridgehead atoms. The minimum Gasteiger partial charge on any atom is -0.378 e. The zero-order valence-corrected chi connectivity index (χ0v) is 10.8. The van der Waals surface area contributed by atoms with Crippen LogP contribution in [0.2, 0.25) is 0 Å². The van der Waals surface area contributed by atoms with Crippen molar-refractivity contribution in [3.8, 4) is 0 Å². The third kappa shape index (κ3) is 14.2. The first-order chi connectivity index (χ1) is 6.79. The molecule has 88 valence electrons. The predicted octanol–water partition coefficient (Wildman–Crippen LogP) is 3.69. The van der Waals surface area contributed by atoms with Gasteiger partial charge in [-0.2, -0.15) is 0 Å². The lowest BCUT2D eigenvalue weighted by molar-refractivity contribution is -0.0979. The molecular weight excluding hydrogens is 176 g/mol. The molecule has 0 radical (unpaired) electrons. The summed E-state index contributed by atoms with van der Waals surface area (Å²) in [5.74, 6) is 0.888. The van der Waals surface area contributed by atoms with Crippen molar-refractivity contribution in [3.63, 3.8) is 0 Å². The van der Waals surface area contributed by atoms with Gasteiger partial charge in [0.1, 0.15) is 6.79 Å². The molecule has 0 saturated carbocycles. The Morgan fingerprint density at radius 3 is 1.71 bits per heavy atom. The third-order valence-electron chi connectivity index (χ3n) is 1.75. The van der Waals surface area contributed by atoms with E-state index >= 15 is 0 Å². The highest BCUT2D eigenvalue weighted by atomic mass is 16.5. The lowest BCUT2D eigenvalue weighted by atomic mass is 9.99. The quantitative estimate of drug-likeness (QED) is 0.601. The summed E-state index contributed by atoms with van der Waals surface area (Å²) in [6.45, 7) is 15.4. The molecule has 0 aromatic heterocycles. The Bertz CT molecular complexity index is 76.4. The van der Waals surface area contributed by atoms with Crippen LogP contribution in [0.1, 0.15) is 54.4 Å². The standard InChI is InChI=1S/C7H14O.2C2H6.CH2O/c1-6-3-4-8-7(2)5-6;3*1-2/h6-7H,3-5H2,1-2H3;2*1-2H3;1H2. The Morgan fingerprint density at radius 2 is 1.50 bits per heavy atom. The van der Waals surface area contributed by atoms with E-state index < -0.39 is 0 Å². The van der Waals surface area contributed by atoms with Gasteiger partial charge < -0.3 is 9.53 Å². The third-order valence-corrected chi connectivity index (χ3v) is 1.75. The second-order valence-electron chi connectivity index (χ2n) is 2.81. The number of carbonyl (C=O) groups excluding carboxylic acids is 1. The fourth-order valence-electron chi connectivity index (χ4n) is 1.22. The molecule has 0 amide bonds. The highest BCUT2D eigenvalue weighted by Crippen LogP contribution is 2.18. The van der Waals surface area contributed by atoms with Gasteiger partial charge in [0.15, 0.2) is 0 Å². The first-order valence-electron chi connectivity index (χ1n) is 5.69. The van der Waals surface area contributed by atoms with Crippen LogP contribution in [0.4, 0.5) is 0 Å². The van der Waals surface area contributed by atoms with Crippen molar-refractivity contribution in [2.24, 2.45) is 5.92 Å². The molecular formula is C12H28O2. The van der Waals surface area contributed by atoms with Crippen LogP contribution in [0, 0.1) is 5.92 Å². The van der Waals surface area contributed by atoms with Crippen LogP contribution < -0.4 is 0 Å². The van der Waals surface area contributed by atoms with Gasteiger partial charge in [-0.3, -0.25) is 0 Å². The fourth-order valence-corrected chi connectivity index (χ4v) is 1.22. The minimum absolute atomic E-state index is 0.513. The summed E-state index contributed by atoms with van der Waals surface area (Å²) in [5, 5.41) is 0. The molecule has 0 N–H and O–H groups in total. The molecule has 1 rings (SSSR count). The van der Waals surface area contributed by atoms with Crippen molar-refractivity contribution in [3.05, 3.63) is 0 Å². The maximum Gasteiger partial charge on any atom is 0.106 e. The van der Waals surface area contributed by atoms with Crippen LogP contribution in [0.5, 0.6) is 0 Å². The second-order valence-corrected chi connectivity index (χ2v) is 2.81. The average Bonchev–Trinajstić information content (AvgIpc) is 2.26. The van der Waals surface area contributed by atoms with Gasteiger partial charge in [-0.1, -0.05) is 34.6 Å². The maximum atomic E-state index is 8.00. The molecule has 0 spiro atoms. The van der Waals surface area contributed by atoms with E-state index in [0.29, 0.717) is 6.10 Å². The van der Waals surface area contributed by atoms with Gasteiger partial charge in [0.2, 0.25) is 0 Å². The van der Waals surface area contributed by atoms with E-state index in [-0.39, 0.29) is 0 Å². The van der Waals surface area contributed by atoms with Gasteiger partial charge >= 0.3 is 0 Å². The van der Waals surface area contributed by atoms with Crippen molar-refractivity contribution >= 4 is 6.79 Å². The second kappa shape index (κ2) is 18.4. The average molecular weight is 204 g/mol. The Balaban J connectivity index is -0.000000174. The minimum atomic E-state index is 0.513. The van der Waals surface area contributed by atoms with Crippen molar-refractivity contribution < 1.29 is 9.53 Å². The van der Waals surface area contributed by atoms with Gasteiger partial charge in [-0.15, -0.1) is 0 Å². The summed E-state index contributed by atoms with van der Waals surface area (Å²) in [6.07, 6.45) is 3.02. The zero-order chi connectivity index (χ0) is 12.0. The van der Waals surface area contributed by atoms with E-state index in [9.17, 15) is 0 Å². The Labute approximate surface area is 90.0 Å². The molecule has 2 unspecified atom stereocenters. The van der Waals surface area contributed by atoms with Gasteiger partial charge in [-0.05, 0) is 25.7 Å². The fraction of sp³-hybridized carbons (Fsp3) is 0.917. The SMILES string of the molecule is C=O.CC.CC.CC1CCOC(C)C1. The summed E-state index contributed by atoms with van der Waals surface area (Å²) in [5.41, 5.74) is 0. The summed E-state index contributed by atoms with van der Waals surface area (Å²) in [7, 11) is 0. The van der Waals surface area contributed by atoms with Gasteiger partial charge in [0.05, 0.1) is 6.10 Å². The molecule has 1 saturated heterocycles. The van der Waals surface area contributed by atoms with Crippen molar-refractivity contribution in [2.75, 3.05) is 6.61 Å². The monoisotopic (exact) mass is 204 g/mol. The van der Waals surface area contributed by atoms with Gasteiger partial charge in [0, 0.05) is 6.61 Å². The Morgan fingerprint density at radius 1 is 1.07 bits per heavy atom. The van der Waals surface area contributed by atoms with Crippen molar-refractivity contribution in [2.45, 2.75) is 60.5 Å². The highest BCUT2D eigenvalue weighted by molar-refractivity contribution is 5.10. The van der Waals surface area contributed by atoms with Gasteiger partial charge in [0.25, 0.3) is 0 Å². The van der Waals surface area contributed by atoms with Crippen LogP contribution >= 0.6 is 0 Å². The smallest absolute Gasteiger partial charge is 0.106 e. The molecule has 14 heavy (non-hydrogen) atoms. The molecule has 1 aliphatic rings. The molecule has 2 heteroatoms. The predicted molar refractivity (Wildman–Crippen MR) is 63.6 cm³/mol. The summed E-state index contributed by atoms with van der Waals surface area (Å²) in [4.78, 5) is 8.00. The molecule has 1 aliphatic heterocycles. The van der Waals surface area contributed by atoms with Crippen LogP contribution in [-0.4, -0.2) is 19.5 Å². The number of rotatable bonds is 0. The number of hydrogen-bond acceptors (Lipinski definition) is 2. The molecule has 1 heterocycles. The van der Waals surface area contributed by atoms with E-state index in [1.165, 1.54) is 12.8 Å². The van der Waals surface area contributed by atoms with Crippen LogP contribution in [0.25, 0.3) is 0 Å². The van der Waals surface area contributed by atoms with E-state index in [0.717, 1.165) is 12.5 Å². The topological polar surface area (TPSA) is 26.3 Å². The Hall–Kier alpha value is -0.370. The van der Waals surface area contributed by atoms with Crippen LogP contribution in [0.15, 0.2) is 0 Å². The van der Waals surface area contributed by atoms with Crippen molar-refractivity contribution in [1.29, 1.82) is 0 Å². The molecule has 0 aromatic carbocycles. The highest BCUT2D eigenvalue weighted by Gasteiger charge is 2.13. The first kappa shape index (κ1) is 19.2. The van der Waals surface area contributed by atoms with Crippen LogP contribution in [0.3, 0.4) is 0 Å². The maximum absolute atomic E-state index is 8.00. The number of hydrogen-bond donors (Lipinski definition) is 0. The van der Waals surface area contributed by atoms with E-state index in [1.807, 2.05) is 34.5 Å². The normalized spacial score (nSPS) is 23.9. The Kier molecular flexibility index (Phi) is 25.3. The number of carbonyl (C=O) groups is 1. The largest absolute Gasteiger partial charge is 0.378 e. The zero-order valence-electron chi connectivity index (χ0n) is 10.8. The van der Waals surface area contributed by atoms with Crippen LogP contribution in [-0.2, 0) is 9.53 Å². The lowest BCUT2D eigenvalue weighted by Gasteiger charge is -2.23. The summed E-state index contributed by atoms with van der Waals surface area (Å²) in [6, 6.07) is 0. The molecule has 0 aliphatic carbocycles. The summed E-state index contributed by atoms with van der Waals surface area (Å²) >= 11 is 0. The summed E-state index contributed by atoms with van der Waals surface area (Å²) < 4.78 is 5.35. The van der Waals surface area contributed by atoms with Crippen molar-refractivity contribution in [1.82, 2.24) is 0 Å². The van der Waals surface area contributed by atoms with E-state index in [1.54, 1.807) is 0 Å². The van der Waals surface area contributed by atoms with E-state index in [4.69, 9.17) is 9.53 Å².